The van der Waals surface area contributed by atoms with Crippen molar-refractivity contribution in [3.8, 4) is 16.9 Å². The molecule has 2 aromatic rings. The highest BCUT2D eigenvalue weighted by Crippen LogP contribution is 2.34. The second-order valence-electron chi connectivity index (χ2n) is 5.53. The van der Waals surface area contributed by atoms with Crippen molar-refractivity contribution >= 4 is 0 Å². The lowest BCUT2D eigenvalue weighted by Gasteiger charge is -2.14. The Morgan fingerprint density at radius 3 is 2.38 bits per heavy atom. The van der Waals surface area contributed by atoms with Gasteiger partial charge in [-0.15, -0.1) is 0 Å². The van der Waals surface area contributed by atoms with Crippen molar-refractivity contribution in [1.82, 2.24) is 5.32 Å². The summed E-state index contributed by atoms with van der Waals surface area (Å²) in [5.74, 6) is 0.948. The Kier molecular flexibility index (Phi) is 5.40. The van der Waals surface area contributed by atoms with Crippen molar-refractivity contribution in [2.45, 2.75) is 33.7 Å². The van der Waals surface area contributed by atoms with E-state index in [-0.39, 0.29) is 0 Å². The molecule has 0 saturated heterocycles. The van der Waals surface area contributed by atoms with E-state index in [1.54, 1.807) is 7.11 Å². The van der Waals surface area contributed by atoms with E-state index in [0.29, 0.717) is 0 Å². The lowest BCUT2D eigenvalue weighted by atomic mass is 9.96. The topological polar surface area (TPSA) is 21.3 Å². The molecule has 2 rings (SSSR count). The van der Waals surface area contributed by atoms with Crippen LogP contribution < -0.4 is 10.1 Å². The van der Waals surface area contributed by atoms with E-state index in [1.165, 1.54) is 27.8 Å². The molecule has 0 radical (unpaired) electrons. The minimum absolute atomic E-state index is 0.929. The highest BCUT2D eigenvalue weighted by Gasteiger charge is 2.10. The summed E-state index contributed by atoms with van der Waals surface area (Å²) in [5.41, 5.74) is 6.20. The highest BCUT2D eigenvalue weighted by molar-refractivity contribution is 5.74. The molecule has 0 aliphatic rings. The fraction of sp³-hybridized carbons (Fsp3) is 0.368. The summed E-state index contributed by atoms with van der Waals surface area (Å²) >= 11 is 0. The molecule has 0 aliphatic carbocycles. The number of hydrogen-bond donors (Lipinski definition) is 1. The largest absolute Gasteiger partial charge is 0.496 e. The third kappa shape index (κ3) is 3.85. The van der Waals surface area contributed by atoms with E-state index >= 15 is 0 Å². The van der Waals surface area contributed by atoms with Crippen LogP contribution in [-0.2, 0) is 6.54 Å². The fourth-order valence-corrected chi connectivity index (χ4v) is 2.66. The Balaban J connectivity index is 2.26. The molecule has 2 aromatic carbocycles. The first-order valence-corrected chi connectivity index (χ1v) is 7.61. The van der Waals surface area contributed by atoms with Gasteiger partial charge in [0.2, 0.25) is 0 Å². The van der Waals surface area contributed by atoms with E-state index in [1.807, 2.05) is 0 Å². The molecule has 0 aromatic heterocycles. The quantitative estimate of drug-likeness (QED) is 0.789. The number of aryl methyl sites for hydroxylation is 2. The number of nitrogens with one attached hydrogen (secondary N) is 1. The van der Waals surface area contributed by atoms with Crippen LogP contribution in [0.25, 0.3) is 11.1 Å². The summed E-state index contributed by atoms with van der Waals surface area (Å²) in [7, 11) is 1.74. The van der Waals surface area contributed by atoms with Crippen LogP contribution in [0.2, 0.25) is 0 Å². The molecule has 0 atom stereocenters. The first-order valence-electron chi connectivity index (χ1n) is 7.61. The summed E-state index contributed by atoms with van der Waals surface area (Å²) in [4.78, 5) is 0. The average Bonchev–Trinajstić information content (AvgIpc) is 2.48. The molecule has 0 saturated carbocycles. The van der Waals surface area contributed by atoms with Gasteiger partial charge >= 0.3 is 0 Å². The fourth-order valence-electron chi connectivity index (χ4n) is 2.66. The molecule has 0 spiro atoms. The van der Waals surface area contributed by atoms with Gasteiger partial charge in [-0.25, -0.2) is 0 Å². The molecular weight excluding hydrogens is 258 g/mol. The van der Waals surface area contributed by atoms with Crippen molar-refractivity contribution in [2.75, 3.05) is 13.7 Å². The van der Waals surface area contributed by atoms with Crippen LogP contribution in [0.15, 0.2) is 36.4 Å². The SMILES string of the molecule is CCCNCc1ccc(-c2c(C)cc(C)cc2OC)cc1. The lowest BCUT2D eigenvalue weighted by molar-refractivity contribution is 0.416. The van der Waals surface area contributed by atoms with Gasteiger partial charge in [-0.05, 0) is 55.1 Å². The molecule has 0 unspecified atom stereocenters. The van der Waals surface area contributed by atoms with Crippen molar-refractivity contribution in [2.24, 2.45) is 0 Å². The third-order valence-corrected chi connectivity index (χ3v) is 3.66. The molecule has 1 N–H and O–H groups in total. The average molecular weight is 283 g/mol. The van der Waals surface area contributed by atoms with Gasteiger partial charge in [-0.1, -0.05) is 37.3 Å². The van der Waals surface area contributed by atoms with Crippen molar-refractivity contribution < 1.29 is 4.74 Å². The molecule has 0 fully saturated rings. The van der Waals surface area contributed by atoms with Crippen LogP contribution in [-0.4, -0.2) is 13.7 Å². The van der Waals surface area contributed by atoms with E-state index in [9.17, 15) is 0 Å². The van der Waals surface area contributed by atoms with E-state index in [0.717, 1.165) is 25.3 Å². The second-order valence-corrected chi connectivity index (χ2v) is 5.53. The van der Waals surface area contributed by atoms with Gasteiger partial charge in [0.25, 0.3) is 0 Å². The summed E-state index contributed by atoms with van der Waals surface area (Å²) in [6.07, 6.45) is 1.16. The second kappa shape index (κ2) is 7.28. The minimum Gasteiger partial charge on any atom is -0.496 e. The molecule has 21 heavy (non-hydrogen) atoms. The summed E-state index contributed by atoms with van der Waals surface area (Å²) in [6.45, 7) is 8.41. The Hall–Kier alpha value is -1.80. The zero-order chi connectivity index (χ0) is 15.2. The maximum absolute atomic E-state index is 5.56. The van der Waals surface area contributed by atoms with Gasteiger partial charge in [0.1, 0.15) is 5.75 Å². The number of ether oxygens (including phenoxy) is 1. The van der Waals surface area contributed by atoms with Gasteiger partial charge in [0, 0.05) is 12.1 Å². The van der Waals surface area contributed by atoms with E-state index in [2.05, 4.69) is 62.5 Å². The number of benzene rings is 2. The number of methoxy groups -OCH3 is 1. The maximum atomic E-state index is 5.56. The van der Waals surface area contributed by atoms with Crippen LogP contribution in [0.4, 0.5) is 0 Å². The van der Waals surface area contributed by atoms with Gasteiger partial charge in [0.15, 0.2) is 0 Å². The van der Waals surface area contributed by atoms with Crippen LogP contribution in [0.3, 0.4) is 0 Å². The van der Waals surface area contributed by atoms with Gasteiger partial charge in [0.05, 0.1) is 7.11 Å². The summed E-state index contributed by atoms with van der Waals surface area (Å²) in [6, 6.07) is 13.0. The lowest BCUT2D eigenvalue weighted by Crippen LogP contribution is -2.13. The van der Waals surface area contributed by atoms with Gasteiger partial charge < -0.3 is 10.1 Å². The Labute approximate surface area is 128 Å². The first kappa shape index (κ1) is 15.6. The molecule has 0 bridgehead atoms. The van der Waals surface area contributed by atoms with Crippen LogP contribution >= 0.6 is 0 Å². The normalized spacial score (nSPS) is 10.7. The number of hydrogen-bond acceptors (Lipinski definition) is 2. The Morgan fingerprint density at radius 1 is 1.05 bits per heavy atom. The van der Waals surface area contributed by atoms with Crippen LogP contribution in [0.5, 0.6) is 5.75 Å². The van der Waals surface area contributed by atoms with Crippen LogP contribution in [0.1, 0.15) is 30.0 Å². The van der Waals surface area contributed by atoms with Gasteiger partial charge in [-0.3, -0.25) is 0 Å². The predicted molar refractivity (Wildman–Crippen MR) is 89.9 cm³/mol. The zero-order valence-corrected chi connectivity index (χ0v) is 13.5. The maximum Gasteiger partial charge on any atom is 0.127 e. The molecular formula is C19H25NO. The summed E-state index contributed by atoms with van der Waals surface area (Å²) in [5, 5.41) is 3.43. The smallest absolute Gasteiger partial charge is 0.127 e. The third-order valence-electron chi connectivity index (χ3n) is 3.66. The molecule has 0 aliphatic heterocycles. The molecule has 0 heterocycles. The van der Waals surface area contributed by atoms with E-state index < -0.39 is 0 Å². The first-order chi connectivity index (χ1) is 10.2. The highest BCUT2D eigenvalue weighted by atomic mass is 16.5. The Bertz CT molecular complexity index is 587. The van der Waals surface area contributed by atoms with Crippen LogP contribution in [0, 0.1) is 13.8 Å². The number of rotatable bonds is 6. The van der Waals surface area contributed by atoms with E-state index in [4.69, 9.17) is 4.74 Å². The minimum atomic E-state index is 0.929. The summed E-state index contributed by atoms with van der Waals surface area (Å²) < 4.78 is 5.56. The van der Waals surface area contributed by atoms with Crippen molar-refractivity contribution in [1.29, 1.82) is 0 Å². The molecule has 0 amide bonds. The molecule has 2 nitrogen and oxygen atoms in total. The zero-order valence-electron chi connectivity index (χ0n) is 13.5. The monoisotopic (exact) mass is 283 g/mol. The van der Waals surface area contributed by atoms with Crippen molar-refractivity contribution in [3.63, 3.8) is 0 Å². The van der Waals surface area contributed by atoms with Gasteiger partial charge in [-0.2, -0.15) is 0 Å². The molecule has 2 heteroatoms. The van der Waals surface area contributed by atoms with Crippen molar-refractivity contribution in [3.05, 3.63) is 53.1 Å². The predicted octanol–water partition coefficient (Wildman–Crippen LogP) is 4.48. The Morgan fingerprint density at radius 2 is 1.76 bits per heavy atom. The molecule has 112 valence electrons. The standard InChI is InChI=1S/C19H25NO/c1-5-10-20-13-16-6-8-17(9-7-16)19-15(3)11-14(2)12-18(19)21-4/h6-9,11-12,20H,5,10,13H2,1-4H3.